The molecule has 0 aliphatic heterocycles. The lowest BCUT2D eigenvalue weighted by Crippen LogP contribution is -2.42. The van der Waals surface area contributed by atoms with Crippen molar-refractivity contribution in [2.45, 2.75) is 25.9 Å². The second-order valence-corrected chi connectivity index (χ2v) is 4.66. The van der Waals surface area contributed by atoms with Crippen LogP contribution in [0.25, 0.3) is 0 Å². The monoisotopic (exact) mass is 227 g/mol. The van der Waals surface area contributed by atoms with Crippen LogP contribution >= 0.6 is 11.3 Å². The largest absolute Gasteiger partial charge is 0.347 e. The highest BCUT2D eigenvalue weighted by Crippen LogP contribution is 2.16. The van der Waals surface area contributed by atoms with E-state index in [1.54, 1.807) is 35.8 Å². The molecule has 0 aliphatic carbocycles. The number of likely N-dealkylation sites (N-methyl/N-ethyl adjacent to an activating group) is 1. The molecule has 1 aromatic heterocycles. The Labute approximate surface area is 94.3 Å². The molecule has 1 amide bonds. The maximum Gasteiger partial charge on any atom is 0.238 e. The van der Waals surface area contributed by atoms with Gasteiger partial charge in [0.1, 0.15) is 0 Å². The average molecular weight is 227 g/mol. The standard InChI is InChI=1S/C10H17N3OS/c1-7(9-5-11-6-15-9)12-8(2)10(14)13(3)4/h5-8,12H,1-4H3. The zero-order valence-corrected chi connectivity index (χ0v) is 10.3. The second kappa shape index (κ2) is 5.23. The van der Waals surface area contributed by atoms with Crippen LogP contribution in [0.5, 0.6) is 0 Å². The van der Waals surface area contributed by atoms with Gasteiger partial charge in [0.2, 0.25) is 5.91 Å². The van der Waals surface area contributed by atoms with E-state index in [2.05, 4.69) is 10.3 Å². The van der Waals surface area contributed by atoms with Crippen molar-refractivity contribution in [3.05, 3.63) is 16.6 Å². The van der Waals surface area contributed by atoms with Crippen molar-refractivity contribution in [2.75, 3.05) is 14.1 Å². The molecular formula is C10H17N3OS. The molecule has 84 valence electrons. The number of carbonyl (C=O) groups is 1. The summed E-state index contributed by atoms with van der Waals surface area (Å²) in [4.78, 5) is 18.4. The van der Waals surface area contributed by atoms with Crippen molar-refractivity contribution in [3.63, 3.8) is 0 Å². The van der Waals surface area contributed by atoms with Gasteiger partial charge < -0.3 is 4.90 Å². The number of nitrogens with one attached hydrogen (secondary N) is 1. The summed E-state index contributed by atoms with van der Waals surface area (Å²) in [7, 11) is 3.52. The maximum atomic E-state index is 11.6. The Morgan fingerprint density at radius 1 is 1.53 bits per heavy atom. The van der Waals surface area contributed by atoms with Gasteiger partial charge in [0.05, 0.1) is 11.6 Å². The third-order valence-electron chi connectivity index (χ3n) is 2.19. The summed E-state index contributed by atoms with van der Waals surface area (Å²) in [6.07, 6.45) is 1.83. The third-order valence-corrected chi connectivity index (χ3v) is 3.15. The molecule has 2 unspecified atom stereocenters. The molecule has 1 rings (SSSR count). The highest BCUT2D eigenvalue weighted by Gasteiger charge is 2.17. The Balaban J connectivity index is 2.52. The Kier molecular flexibility index (Phi) is 4.23. The lowest BCUT2D eigenvalue weighted by Gasteiger charge is -2.21. The predicted molar refractivity (Wildman–Crippen MR) is 61.8 cm³/mol. The lowest BCUT2D eigenvalue weighted by molar-refractivity contribution is -0.130. The van der Waals surface area contributed by atoms with Gasteiger partial charge in [0.15, 0.2) is 0 Å². The highest BCUT2D eigenvalue weighted by atomic mass is 32.1. The number of amides is 1. The molecule has 0 aromatic carbocycles. The minimum absolute atomic E-state index is 0.0892. The van der Waals surface area contributed by atoms with Crippen LogP contribution in [-0.4, -0.2) is 35.9 Å². The first-order valence-corrected chi connectivity index (χ1v) is 5.76. The van der Waals surface area contributed by atoms with Crippen molar-refractivity contribution < 1.29 is 4.79 Å². The molecule has 0 aliphatic rings. The number of aromatic nitrogens is 1. The topological polar surface area (TPSA) is 45.2 Å². The number of hydrogen-bond acceptors (Lipinski definition) is 4. The number of carbonyl (C=O) groups excluding carboxylic acids is 1. The first-order valence-electron chi connectivity index (χ1n) is 4.88. The Morgan fingerprint density at radius 3 is 2.67 bits per heavy atom. The van der Waals surface area contributed by atoms with Gasteiger partial charge >= 0.3 is 0 Å². The number of nitrogens with zero attached hydrogens (tertiary/aromatic N) is 2. The van der Waals surface area contributed by atoms with Gasteiger partial charge in [-0.3, -0.25) is 15.1 Å². The van der Waals surface area contributed by atoms with Crippen LogP contribution in [0.15, 0.2) is 11.7 Å². The van der Waals surface area contributed by atoms with Crippen molar-refractivity contribution >= 4 is 17.2 Å². The van der Waals surface area contributed by atoms with Crippen molar-refractivity contribution in [1.29, 1.82) is 0 Å². The number of hydrogen-bond donors (Lipinski definition) is 1. The van der Waals surface area contributed by atoms with E-state index >= 15 is 0 Å². The molecule has 0 saturated carbocycles. The summed E-state index contributed by atoms with van der Waals surface area (Å²) in [6, 6.07) is -0.00602. The van der Waals surface area contributed by atoms with Crippen LogP contribution < -0.4 is 5.32 Å². The predicted octanol–water partition coefficient (Wildman–Crippen LogP) is 1.27. The molecule has 15 heavy (non-hydrogen) atoms. The van der Waals surface area contributed by atoms with Crippen LogP contribution in [0.1, 0.15) is 24.8 Å². The van der Waals surface area contributed by atoms with Gasteiger partial charge in [0.25, 0.3) is 0 Å². The Bertz CT molecular complexity index is 310. The van der Waals surface area contributed by atoms with Crippen molar-refractivity contribution in [2.24, 2.45) is 0 Å². The maximum absolute atomic E-state index is 11.6. The molecule has 0 spiro atoms. The molecule has 5 heteroatoms. The summed E-state index contributed by atoms with van der Waals surface area (Å²) in [5.74, 6) is 0.0892. The molecule has 0 radical (unpaired) electrons. The highest BCUT2D eigenvalue weighted by molar-refractivity contribution is 7.09. The summed E-state index contributed by atoms with van der Waals surface area (Å²) < 4.78 is 0. The van der Waals surface area contributed by atoms with Crippen molar-refractivity contribution in [3.8, 4) is 0 Å². The van der Waals surface area contributed by atoms with E-state index in [0.29, 0.717) is 0 Å². The van der Waals surface area contributed by atoms with E-state index in [1.165, 1.54) is 0 Å². The molecule has 4 nitrogen and oxygen atoms in total. The zero-order valence-electron chi connectivity index (χ0n) is 9.52. The molecule has 1 aromatic rings. The first kappa shape index (κ1) is 12.1. The number of rotatable bonds is 4. The Hall–Kier alpha value is -0.940. The molecule has 2 atom stereocenters. The van der Waals surface area contributed by atoms with Gasteiger partial charge in [-0.15, -0.1) is 11.3 Å². The zero-order chi connectivity index (χ0) is 11.4. The smallest absolute Gasteiger partial charge is 0.238 e. The summed E-state index contributed by atoms with van der Waals surface area (Å²) in [6.45, 7) is 3.91. The van der Waals surface area contributed by atoms with Crippen molar-refractivity contribution in [1.82, 2.24) is 15.2 Å². The fourth-order valence-electron chi connectivity index (χ4n) is 1.36. The van der Waals surface area contributed by atoms with Crippen LogP contribution in [0, 0.1) is 0 Å². The molecule has 0 fully saturated rings. The first-order chi connectivity index (χ1) is 7.02. The minimum Gasteiger partial charge on any atom is -0.347 e. The van der Waals surface area contributed by atoms with Gasteiger partial charge in [-0.1, -0.05) is 0 Å². The summed E-state index contributed by atoms with van der Waals surface area (Å²) in [5.41, 5.74) is 1.80. The third kappa shape index (κ3) is 3.28. The lowest BCUT2D eigenvalue weighted by atomic mass is 10.2. The van der Waals surface area contributed by atoms with Crippen LogP contribution in [0.2, 0.25) is 0 Å². The molecular weight excluding hydrogens is 210 g/mol. The molecule has 1 N–H and O–H groups in total. The quantitative estimate of drug-likeness (QED) is 0.842. The van der Waals surface area contributed by atoms with E-state index in [9.17, 15) is 4.79 Å². The second-order valence-electron chi connectivity index (χ2n) is 3.75. The summed E-state index contributed by atoms with van der Waals surface area (Å²) >= 11 is 1.59. The van der Waals surface area contributed by atoms with E-state index in [1.807, 2.05) is 20.0 Å². The SMILES string of the molecule is CC(NC(C)c1cncs1)C(=O)N(C)C. The average Bonchev–Trinajstić information content (AvgIpc) is 2.68. The fraction of sp³-hybridized carbons (Fsp3) is 0.600. The Morgan fingerprint density at radius 2 is 2.20 bits per heavy atom. The molecule has 0 saturated heterocycles. The summed E-state index contributed by atoms with van der Waals surface area (Å²) in [5, 5.41) is 3.24. The van der Waals surface area contributed by atoms with Crippen LogP contribution in [0.4, 0.5) is 0 Å². The van der Waals surface area contributed by atoms with Gasteiger partial charge in [-0.05, 0) is 13.8 Å². The van der Waals surface area contributed by atoms with E-state index in [-0.39, 0.29) is 18.0 Å². The van der Waals surface area contributed by atoms with Gasteiger partial charge in [-0.2, -0.15) is 0 Å². The van der Waals surface area contributed by atoms with Gasteiger partial charge in [0, 0.05) is 31.2 Å². The van der Waals surface area contributed by atoms with Crippen LogP contribution in [-0.2, 0) is 4.79 Å². The minimum atomic E-state index is -0.169. The van der Waals surface area contributed by atoms with E-state index in [4.69, 9.17) is 0 Å². The molecule has 1 heterocycles. The number of thiazole rings is 1. The normalized spacial score (nSPS) is 14.7. The van der Waals surface area contributed by atoms with Gasteiger partial charge in [-0.25, -0.2) is 0 Å². The fourth-order valence-corrected chi connectivity index (χ4v) is 1.99. The van der Waals surface area contributed by atoms with Crippen LogP contribution in [0.3, 0.4) is 0 Å². The van der Waals surface area contributed by atoms with E-state index in [0.717, 1.165) is 4.88 Å². The molecule has 0 bridgehead atoms. The van der Waals surface area contributed by atoms with E-state index < -0.39 is 0 Å².